The Labute approximate surface area is 332 Å². The lowest BCUT2D eigenvalue weighted by Crippen LogP contribution is -2.39. The van der Waals surface area contributed by atoms with Crippen molar-refractivity contribution in [3.05, 3.63) is 151 Å². The Bertz CT molecular complexity index is 2240. The van der Waals surface area contributed by atoms with Crippen LogP contribution in [0.5, 0.6) is 0 Å². The molecule has 1 saturated heterocycles. The lowest BCUT2D eigenvalue weighted by atomic mass is 9.88. The number of carbonyl (C=O) groups is 3. The molecule has 1 aliphatic rings. The van der Waals surface area contributed by atoms with Crippen LogP contribution in [0, 0.1) is 0 Å². The van der Waals surface area contributed by atoms with Crippen molar-refractivity contribution >= 4 is 29.3 Å². The highest BCUT2D eigenvalue weighted by Gasteiger charge is 2.24. The Morgan fingerprint density at radius 3 is 2.16 bits per heavy atom. The van der Waals surface area contributed by atoms with E-state index >= 15 is 0 Å². The third-order valence-electron chi connectivity index (χ3n) is 9.97. The van der Waals surface area contributed by atoms with E-state index in [-0.39, 0.29) is 17.9 Å². The van der Waals surface area contributed by atoms with Crippen LogP contribution in [-0.2, 0) is 16.1 Å². The topological polar surface area (TPSA) is 140 Å². The van der Waals surface area contributed by atoms with Crippen LogP contribution in [-0.4, -0.2) is 71.6 Å². The molecule has 0 radical (unpaired) electrons. The molecule has 1 aliphatic heterocycles. The average molecular weight is 762 g/mol. The molecule has 2 heterocycles. The average Bonchev–Trinajstić information content (AvgIpc) is 3.78. The predicted molar refractivity (Wildman–Crippen MR) is 225 cm³/mol. The van der Waals surface area contributed by atoms with Crippen LogP contribution >= 0.6 is 0 Å². The van der Waals surface area contributed by atoms with Gasteiger partial charge in [-0.05, 0) is 64.9 Å². The van der Waals surface area contributed by atoms with E-state index in [0.29, 0.717) is 75.5 Å². The summed E-state index contributed by atoms with van der Waals surface area (Å²) in [5, 5.41) is 12.1. The van der Waals surface area contributed by atoms with Crippen LogP contribution in [0.25, 0.3) is 33.4 Å². The molecule has 5 aromatic carbocycles. The molecule has 0 bridgehead atoms. The zero-order chi connectivity index (χ0) is 39.2. The summed E-state index contributed by atoms with van der Waals surface area (Å²) >= 11 is 0. The number of hydrogen-bond acceptors (Lipinski definition) is 7. The number of benzene rings is 5. The number of carbonyl (C=O) groups excluding carboxylic acids is 3. The molecule has 0 unspecified atom stereocenters. The zero-order valence-electron chi connectivity index (χ0n) is 31.7. The Hall–Kier alpha value is -6.56. The summed E-state index contributed by atoms with van der Waals surface area (Å²) in [6.45, 7) is 3.62. The molecule has 0 atom stereocenters. The van der Waals surface area contributed by atoms with Gasteiger partial charge in [0.1, 0.15) is 11.9 Å². The van der Waals surface area contributed by atoms with Crippen LogP contribution < -0.4 is 21.3 Å². The van der Waals surface area contributed by atoms with Crippen LogP contribution in [0.3, 0.4) is 0 Å². The number of imidazole rings is 1. The van der Waals surface area contributed by atoms with Gasteiger partial charge in [-0.1, -0.05) is 103 Å². The van der Waals surface area contributed by atoms with E-state index in [0.717, 1.165) is 39.2 Å². The summed E-state index contributed by atoms with van der Waals surface area (Å²) in [5.41, 5.74) is 7.87. The van der Waals surface area contributed by atoms with Crippen molar-refractivity contribution in [3.8, 4) is 33.4 Å². The number of nitrogens with one attached hydrogen (secondary N) is 5. The Kier molecular flexibility index (Phi) is 13.1. The maximum atomic E-state index is 13.5. The Balaban J connectivity index is 0.896. The largest absolute Gasteiger partial charge is 0.446 e. The van der Waals surface area contributed by atoms with Crippen molar-refractivity contribution in [1.82, 2.24) is 25.5 Å². The summed E-state index contributed by atoms with van der Waals surface area (Å²) in [5.74, 6) is 0.496. The number of H-pyrrole nitrogens is 1. The van der Waals surface area contributed by atoms with Gasteiger partial charge in [0.2, 0.25) is 5.91 Å². The van der Waals surface area contributed by atoms with E-state index in [9.17, 15) is 14.4 Å². The molecule has 11 nitrogen and oxygen atoms in total. The number of aromatic nitrogens is 2. The highest BCUT2D eigenvalue weighted by Crippen LogP contribution is 2.42. The van der Waals surface area contributed by atoms with Gasteiger partial charge in [0.05, 0.1) is 12.2 Å². The molecule has 57 heavy (non-hydrogen) atoms. The maximum Gasteiger partial charge on any atom is 0.411 e. The van der Waals surface area contributed by atoms with Crippen molar-refractivity contribution < 1.29 is 19.1 Å². The van der Waals surface area contributed by atoms with Gasteiger partial charge in [-0.15, -0.1) is 0 Å². The summed E-state index contributed by atoms with van der Waals surface area (Å²) in [4.78, 5) is 48.4. The van der Waals surface area contributed by atoms with Gasteiger partial charge in [-0.25, -0.2) is 9.78 Å². The normalized spacial score (nSPS) is 13.1. The maximum absolute atomic E-state index is 13.5. The van der Waals surface area contributed by atoms with E-state index in [4.69, 9.17) is 4.74 Å². The number of likely N-dealkylation sites (tertiary alicyclic amines) is 1. The number of rotatable bonds is 15. The van der Waals surface area contributed by atoms with E-state index in [1.807, 2.05) is 60.7 Å². The lowest BCUT2D eigenvalue weighted by Gasteiger charge is -2.31. The minimum Gasteiger partial charge on any atom is -0.446 e. The second-order valence-electron chi connectivity index (χ2n) is 13.9. The summed E-state index contributed by atoms with van der Waals surface area (Å²) in [6, 6.07) is 41.6. The minimum absolute atomic E-state index is 0.130. The smallest absolute Gasteiger partial charge is 0.411 e. The first-order valence-electron chi connectivity index (χ1n) is 19.4. The number of hydrogen-bond donors (Lipinski definition) is 5. The Morgan fingerprint density at radius 1 is 0.737 bits per heavy atom. The predicted octanol–water partition coefficient (Wildman–Crippen LogP) is 7.97. The van der Waals surface area contributed by atoms with Crippen molar-refractivity contribution in [2.75, 3.05) is 43.4 Å². The summed E-state index contributed by atoms with van der Waals surface area (Å²) in [7, 11) is 0. The van der Waals surface area contributed by atoms with Crippen LogP contribution in [0.4, 0.5) is 16.2 Å². The van der Waals surface area contributed by atoms with Gasteiger partial charge in [0, 0.05) is 68.4 Å². The van der Waals surface area contributed by atoms with Crippen molar-refractivity contribution in [2.45, 2.75) is 31.9 Å². The number of anilines is 2. The highest BCUT2D eigenvalue weighted by molar-refractivity contribution is 6.02. The number of nitrogens with zero attached hydrogens (tertiary/aromatic N) is 2. The highest BCUT2D eigenvalue weighted by atomic mass is 16.6. The van der Waals surface area contributed by atoms with E-state index in [1.165, 1.54) is 0 Å². The van der Waals surface area contributed by atoms with Gasteiger partial charge < -0.3 is 30.6 Å². The molecule has 6 aromatic rings. The molecule has 0 saturated carbocycles. The molecule has 11 heteroatoms. The van der Waals surface area contributed by atoms with E-state index in [1.54, 1.807) is 36.7 Å². The molecular formula is C46H47N7O4. The van der Waals surface area contributed by atoms with Crippen molar-refractivity contribution in [1.29, 1.82) is 0 Å². The van der Waals surface area contributed by atoms with Gasteiger partial charge in [-0.3, -0.25) is 14.9 Å². The first kappa shape index (κ1) is 38.7. The fourth-order valence-corrected chi connectivity index (χ4v) is 7.11. The van der Waals surface area contributed by atoms with E-state index < -0.39 is 6.09 Å². The fourth-order valence-electron chi connectivity index (χ4n) is 7.11. The molecule has 3 amide bonds. The molecular weight excluding hydrogens is 715 g/mol. The quantitative estimate of drug-likeness (QED) is 0.0669. The molecule has 1 fully saturated rings. The summed E-state index contributed by atoms with van der Waals surface area (Å²) in [6.07, 6.45) is 4.36. The van der Waals surface area contributed by atoms with Crippen LogP contribution in [0.2, 0.25) is 0 Å². The van der Waals surface area contributed by atoms with Gasteiger partial charge in [0.15, 0.2) is 0 Å². The Morgan fingerprint density at radius 2 is 1.42 bits per heavy atom. The molecule has 5 N–H and O–H groups in total. The van der Waals surface area contributed by atoms with E-state index in [2.05, 4.69) is 78.6 Å². The monoisotopic (exact) mass is 761 g/mol. The first-order valence-corrected chi connectivity index (χ1v) is 19.4. The van der Waals surface area contributed by atoms with Gasteiger partial charge in [0.25, 0.3) is 5.91 Å². The van der Waals surface area contributed by atoms with Crippen LogP contribution in [0.1, 0.15) is 35.4 Å². The lowest BCUT2D eigenvalue weighted by molar-refractivity contribution is -0.116. The SMILES string of the molecule is O=C(CCN1CCC(OC(=O)Nc2cccc(-c3ccccc3)c2-c2ccccc2-c2ccccc2)CC1)Nc1cccc(C(=O)NCCNCc2ncc[nH]2)c1. The zero-order valence-corrected chi connectivity index (χ0v) is 31.7. The molecule has 0 spiro atoms. The minimum atomic E-state index is -0.492. The van der Waals surface area contributed by atoms with Crippen molar-refractivity contribution in [3.63, 3.8) is 0 Å². The third-order valence-corrected chi connectivity index (χ3v) is 9.97. The second kappa shape index (κ2) is 19.3. The number of amides is 3. The molecule has 290 valence electrons. The molecule has 7 rings (SSSR count). The number of aromatic amines is 1. The fraction of sp³-hybridized carbons (Fsp3) is 0.217. The van der Waals surface area contributed by atoms with Crippen molar-refractivity contribution in [2.24, 2.45) is 0 Å². The number of piperidine rings is 1. The summed E-state index contributed by atoms with van der Waals surface area (Å²) < 4.78 is 5.99. The standard InChI is InChI=1S/C46H47N7O4/c54-43(51-36-16-9-15-35(31-36)45(55)50-25-24-47-32-42-48-26-27-49-42)23-30-53-28-21-37(22-29-53)57-46(56)52-41-20-10-19-39(34-13-5-2-6-14-34)44(41)40-18-8-7-17-38(40)33-11-3-1-4-12-33/h1-20,26-27,31,37,47H,21-25,28-30,32H2,(H,48,49)(H,50,55)(H,51,54)(H,52,56). The van der Waals surface area contributed by atoms with Gasteiger partial charge in [-0.2, -0.15) is 0 Å². The number of ether oxygens (including phenoxy) is 1. The molecule has 1 aromatic heterocycles. The first-order chi connectivity index (χ1) is 28.0. The second-order valence-corrected chi connectivity index (χ2v) is 13.9. The van der Waals surface area contributed by atoms with Crippen LogP contribution in [0.15, 0.2) is 140 Å². The van der Waals surface area contributed by atoms with Gasteiger partial charge >= 0.3 is 6.09 Å². The third kappa shape index (κ3) is 10.6. The molecule has 0 aliphatic carbocycles.